The lowest BCUT2D eigenvalue weighted by molar-refractivity contribution is -0.137. The van der Waals surface area contributed by atoms with Crippen LogP contribution in [0, 0.1) is 0 Å². The molecule has 0 spiro atoms. The van der Waals surface area contributed by atoms with Gasteiger partial charge in [0.1, 0.15) is 0 Å². The molecule has 1 atom stereocenters. The van der Waals surface area contributed by atoms with Crippen LogP contribution in [0.1, 0.15) is 24.1 Å². The van der Waals surface area contributed by atoms with Gasteiger partial charge in [0.2, 0.25) is 5.91 Å². The minimum absolute atomic E-state index is 0.00483. The van der Waals surface area contributed by atoms with Crippen molar-refractivity contribution in [1.29, 1.82) is 0 Å². The molecule has 2 heterocycles. The predicted octanol–water partition coefficient (Wildman–Crippen LogP) is 2.98. The maximum Gasteiger partial charge on any atom is 0.416 e. The van der Waals surface area contributed by atoms with Gasteiger partial charge in [-0.15, -0.1) is 0 Å². The summed E-state index contributed by atoms with van der Waals surface area (Å²) in [6.07, 6.45) is -4.53. The fourth-order valence-electron chi connectivity index (χ4n) is 3.82. The molecule has 0 bridgehead atoms. The van der Waals surface area contributed by atoms with Crippen LogP contribution in [-0.4, -0.2) is 47.7 Å². The number of nitrogen functional groups attached to an aromatic ring is 1. The van der Waals surface area contributed by atoms with Crippen LogP contribution in [0.3, 0.4) is 0 Å². The van der Waals surface area contributed by atoms with Gasteiger partial charge in [0, 0.05) is 36.9 Å². The molecular formula is C22H23F3N6O2. The van der Waals surface area contributed by atoms with Gasteiger partial charge in [0.25, 0.3) is 5.56 Å². The lowest BCUT2D eigenvalue weighted by Crippen LogP contribution is -2.48. The Morgan fingerprint density at radius 3 is 2.58 bits per heavy atom. The molecule has 0 saturated carbocycles. The van der Waals surface area contributed by atoms with Crippen LogP contribution in [0.15, 0.2) is 41.2 Å². The predicted molar refractivity (Wildman–Crippen MR) is 120 cm³/mol. The molecular weight excluding hydrogens is 437 g/mol. The molecule has 1 aliphatic rings. The molecule has 1 unspecified atom stereocenters. The number of nitrogens with two attached hydrogens (primary N) is 1. The van der Waals surface area contributed by atoms with Gasteiger partial charge in [0.15, 0.2) is 5.82 Å². The molecule has 8 nitrogen and oxygen atoms in total. The second-order valence-electron chi connectivity index (χ2n) is 8.12. The van der Waals surface area contributed by atoms with Gasteiger partial charge >= 0.3 is 6.18 Å². The average Bonchev–Trinajstić information content (AvgIpc) is 2.76. The number of hydrogen-bond donors (Lipinski definition) is 3. The van der Waals surface area contributed by atoms with E-state index in [9.17, 15) is 22.8 Å². The van der Waals surface area contributed by atoms with Crippen LogP contribution in [0.4, 0.5) is 30.4 Å². The van der Waals surface area contributed by atoms with Crippen molar-refractivity contribution in [2.24, 2.45) is 0 Å². The zero-order valence-electron chi connectivity index (χ0n) is 18.0. The van der Waals surface area contributed by atoms with Crippen molar-refractivity contribution in [3.63, 3.8) is 0 Å². The number of nitrogens with one attached hydrogen (secondary N) is 2. The fourth-order valence-corrected chi connectivity index (χ4v) is 3.82. The van der Waals surface area contributed by atoms with Gasteiger partial charge in [0.05, 0.1) is 23.5 Å². The number of fused-ring (bicyclic) bond motifs is 1. The third kappa shape index (κ3) is 4.57. The standard InChI is InChI=1S/C22H23F3N6O2/c1-12(13-7-14(22(23,24)25)9-15(26)8-13)27-20-18-10-16(3-4-17(18)21(33)29-28-20)31-6-5-30(2)19(32)11-31/h3-4,7-10,12H,5-6,11,26H2,1-2H3,(H,27,28)(H,29,33). The molecule has 174 valence electrons. The summed E-state index contributed by atoms with van der Waals surface area (Å²) in [5, 5.41) is 10.4. The number of carbonyl (C=O) groups is 1. The Balaban J connectivity index is 1.69. The number of halogens is 3. The lowest BCUT2D eigenvalue weighted by Gasteiger charge is -2.33. The highest BCUT2D eigenvalue weighted by atomic mass is 19.4. The quantitative estimate of drug-likeness (QED) is 0.517. The van der Waals surface area contributed by atoms with Gasteiger partial charge in [-0.3, -0.25) is 9.59 Å². The van der Waals surface area contributed by atoms with Gasteiger partial charge in [-0.25, -0.2) is 5.10 Å². The SMILES string of the molecule is CC(Nc1n[nH]c(=O)c2ccc(N3CCN(C)C(=O)C3)cc12)c1cc(N)cc(C(F)(F)F)c1. The van der Waals surface area contributed by atoms with E-state index in [1.807, 2.05) is 4.90 Å². The monoisotopic (exact) mass is 460 g/mol. The third-order valence-corrected chi connectivity index (χ3v) is 5.75. The normalized spacial score (nSPS) is 15.7. The van der Waals surface area contributed by atoms with E-state index in [0.717, 1.165) is 17.8 Å². The van der Waals surface area contributed by atoms with E-state index in [2.05, 4.69) is 15.5 Å². The Bertz CT molecular complexity index is 1270. The summed E-state index contributed by atoms with van der Waals surface area (Å²) in [7, 11) is 1.74. The lowest BCUT2D eigenvalue weighted by atomic mass is 10.0. The van der Waals surface area contributed by atoms with Gasteiger partial charge < -0.3 is 20.9 Å². The number of nitrogens with zero attached hydrogens (tertiary/aromatic N) is 3. The molecule has 4 N–H and O–H groups in total. The van der Waals surface area contributed by atoms with Crippen molar-refractivity contribution in [2.75, 3.05) is 42.6 Å². The zero-order valence-corrected chi connectivity index (χ0v) is 18.0. The van der Waals surface area contributed by atoms with Crippen molar-refractivity contribution in [3.05, 3.63) is 57.9 Å². The van der Waals surface area contributed by atoms with Crippen molar-refractivity contribution < 1.29 is 18.0 Å². The van der Waals surface area contributed by atoms with Crippen LogP contribution >= 0.6 is 0 Å². The minimum atomic E-state index is -4.53. The first-order chi connectivity index (χ1) is 15.5. The minimum Gasteiger partial charge on any atom is -0.399 e. The van der Waals surface area contributed by atoms with E-state index in [4.69, 9.17) is 5.73 Å². The van der Waals surface area contributed by atoms with Crippen LogP contribution < -0.4 is 21.5 Å². The van der Waals surface area contributed by atoms with Crippen LogP contribution in [0.2, 0.25) is 0 Å². The third-order valence-electron chi connectivity index (χ3n) is 5.75. The molecule has 1 fully saturated rings. The highest BCUT2D eigenvalue weighted by molar-refractivity contribution is 5.94. The largest absolute Gasteiger partial charge is 0.416 e. The smallest absolute Gasteiger partial charge is 0.399 e. The first kappa shape index (κ1) is 22.4. The van der Waals surface area contributed by atoms with Crippen molar-refractivity contribution in [2.45, 2.75) is 19.1 Å². The van der Waals surface area contributed by atoms with Crippen LogP contribution in [0.25, 0.3) is 10.8 Å². The summed E-state index contributed by atoms with van der Waals surface area (Å²) >= 11 is 0. The maximum absolute atomic E-state index is 13.2. The number of H-pyrrole nitrogens is 1. The molecule has 1 amide bonds. The van der Waals surface area contributed by atoms with E-state index in [0.29, 0.717) is 35.2 Å². The molecule has 33 heavy (non-hydrogen) atoms. The van der Waals surface area contributed by atoms with Crippen molar-refractivity contribution in [3.8, 4) is 0 Å². The molecule has 11 heteroatoms. The second-order valence-corrected chi connectivity index (χ2v) is 8.12. The van der Waals surface area contributed by atoms with E-state index < -0.39 is 23.3 Å². The van der Waals surface area contributed by atoms with Gasteiger partial charge in [-0.05, 0) is 48.9 Å². The Kier molecular flexibility index (Phi) is 5.64. The fraction of sp³-hybridized carbons (Fsp3) is 0.318. The highest BCUT2D eigenvalue weighted by Gasteiger charge is 2.31. The first-order valence-electron chi connectivity index (χ1n) is 10.3. The number of hydrogen-bond acceptors (Lipinski definition) is 6. The second kappa shape index (κ2) is 8.30. The van der Waals surface area contributed by atoms with E-state index >= 15 is 0 Å². The summed E-state index contributed by atoms with van der Waals surface area (Å²) in [4.78, 5) is 28.0. The molecule has 1 saturated heterocycles. The van der Waals surface area contributed by atoms with E-state index in [1.54, 1.807) is 37.1 Å². The Morgan fingerprint density at radius 2 is 1.88 bits per heavy atom. The molecule has 1 aromatic heterocycles. The van der Waals surface area contributed by atoms with Crippen molar-refractivity contribution in [1.82, 2.24) is 15.1 Å². The molecule has 2 aromatic carbocycles. The molecule has 1 aliphatic heterocycles. The summed E-state index contributed by atoms with van der Waals surface area (Å²) in [6.45, 7) is 3.09. The molecule has 0 aliphatic carbocycles. The number of likely N-dealkylation sites (N-methyl/N-ethyl adjacent to an activating group) is 1. The topological polar surface area (TPSA) is 107 Å². The van der Waals surface area contributed by atoms with Crippen LogP contribution in [0.5, 0.6) is 0 Å². The Hall–Kier alpha value is -3.76. The summed E-state index contributed by atoms with van der Waals surface area (Å²) in [5.41, 5.74) is 5.52. The van der Waals surface area contributed by atoms with E-state index in [-0.39, 0.29) is 18.1 Å². The molecule has 0 radical (unpaired) electrons. The molecule has 4 rings (SSSR count). The number of benzene rings is 2. The highest BCUT2D eigenvalue weighted by Crippen LogP contribution is 2.34. The number of rotatable bonds is 4. The Labute approximate surface area is 187 Å². The first-order valence-corrected chi connectivity index (χ1v) is 10.3. The van der Waals surface area contributed by atoms with Crippen LogP contribution in [-0.2, 0) is 11.0 Å². The zero-order chi connectivity index (χ0) is 23.9. The van der Waals surface area contributed by atoms with E-state index in [1.165, 1.54) is 6.07 Å². The number of aromatic nitrogens is 2. The Morgan fingerprint density at radius 1 is 1.12 bits per heavy atom. The van der Waals surface area contributed by atoms with Gasteiger partial charge in [-0.1, -0.05) is 0 Å². The maximum atomic E-state index is 13.2. The number of alkyl halides is 3. The number of piperazine rings is 1. The summed E-state index contributed by atoms with van der Waals surface area (Å²) in [5.74, 6) is 0.287. The molecule has 3 aromatic rings. The average molecular weight is 460 g/mol. The number of aromatic amines is 1. The van der Waals surface area contributed by atoms with Gasteiger partial charge in [-0.2, -0.15) is 18.3 Å². The van der Waals surface area contributed by atoms with Crippen molar-refractivity contribution >= 4 is 33.9 Å². The summed E-state index contributed by atoms with van der Waals surface area (Å²) < 4.78 is 39.6. The number of anilines is 3. The number of amides is 1. The number of carbonyl (C=O) groups excluding carboxylic acids is 1. The summed E-state index contributed by atoms with van der Waals surface area (Å²) in [6, 6.07) is 7.94.